The standard InChI is InChI=1S/C13H13Cl2N3O/c14-10-4-1-8(7-11(10)15)13-17-12(19-18-13)5-6-16-9-2-3-9/h1,4,7,9,16H,2-3,5-6H2. The molecule has 1 fully saturated rings. The zero-order chi connectivity index (χ0) is 13.2. The summed E-state index contributed by atoms with van der Waals surface area (Å²) in [5.74, 6) is 1.18. The van der Waals surface area contributed by atoms with Gasteiger partial charge in [0.1, 0.15) is 0 Å². The summed E-state index contributed by atoms with van der Waals surface area (Å²) in [5.41, 5.74) is 0.805. The summed E-state index contributed by atoms with van der Waals surface area (Å²) in [6, 6.07) is 5.98. The molecule has 0 aliphatic heterocycles. The van der Waals surface area contributed by atoms with Crippen LogP contribution in [0.25, 0.3) is 11.4 Å². The molecule has 2 aromatic rings. The van der Waals surface area contributed by atoms with E-state index in [-0.39, 0.29) is 0 Å². The van der Waals surface area contributed by atoms with Crippen molar-refractivity contribution in [2.24, 2.45) is 0 Å². The molecule has 1 aliphatic rings. The first-order chi connectivity index (χ1) is 9.22. The van der Waals surface area contributed by atoms with Crippen molar-refractivity contribution in [3.8, 4) is 11.4 Å². The molecule has 0 spiro atoms. The minimum absolute atomic E-state index is 0.487. The van der Waals surface area contributed by atoms with Crippen LogP contribution in [0.1, 0.15) is 18.7 Å². The van der Waals surface area contributed by atoms with Gasteiger partial charge in [0.2, 0.25) is 11.7 Å². The maximum atomic E-state index is 5.97. The highest BCUT2D eigenvalue weighted by molar-refractivity contribution is 6.42. The van der Waals surface area contributed by atoms with E-state index in [1.54, 1.807) is 12.1 Å². The summed E-state index contributed by atoms with van der Waals surface area (Å²) in [6.07, 6.45) is 3.29. The molecule has 1 aliphatic carbocycles. The molecule has 6 heteroatoms. The van der Waals surface area contributed by atoms with Gasteiger partial charge in [-0.15, -0.1) is 0 Å². The fourth-order valence-electron chi connectivity index (χ4n) is 1.78. The van der Waals surface area contributed by atoms with Gasteiger partial charge >= 0.3 is 0 Å². The SMILES string of the molecule is Clc1ccc(-c2noc(CCNC3CC3)n2)cc1Cl. The van der Waals surface area contributed by atoms with E-state index >= 15 is 0 Å². The maximum Gasteiger partial charge on any atom is 0.228 e. The van der Waals surface area contributed by atoms with Gasteiger partial charge in [0.05, 0.1) is 10.0 Å². The average Bonchev–Trinajstić information content (AvgIpc) is 3.10. The Bertz CT molecular complexity index is 581. The van der Waals surface area contributed by atoms with Crippen molar-refractivity contribution in [3.63, 3.8) is 0 Å². The average molecular weight is 298 g/mol. The number of halogens is 2. The molecule has 0 saturated heterocycles. The van der Waals surface area contributed by atoms with Crippen LogP contribution >= 0.6 is 23.2 Å². The van der Waals surface area contributed by atoms with Crippen molar-refractivity contribution in [1.82, 2.24) is 15.5 Å². The molecule has 0 amide bonds. The number of rotatable bonds is 5. The Morgan fingerprint density at radius 1 is 1.26 bits per heavy atom. The van der Waals surface area contributed by atoms with E-state index in [0.29, 0.717) is 27.8 Å². The summed E-state index contributed by atoms with van der Waals surface area (Å²) >= 11 is 11.8. The van der Waals surface area contributed by atoms with Crippen LogP contribution in [0, 0.1) is 0 Å². The Morgan fingerprint density at radius 2 is 2.11 bits per heavy atom. The minimum Gasteiger partial charge on any atom is -0.339 e. The number of nitrogens with zero attached hydrogens (tertiary/aromatic N) is 2. The van der Waals surface area contributed by atoms with Crippen molar-refractivity contribution in [2.45, 2.75) is 25.3 Å². The highest BCUT2D eigenvalue weighted by Gasteiger charge is 2.20. The van der Waals surface area contributed by atoms with Gasteiger partial charge < -0.3 is 9.84 Å². The third-order valence-electron chi connectivity index (χ3n) is 3.00. The second-order valence-corrected chi connectivity index (χ2v) is 5.43. The Morgan fingerprint density at radius 3 is 2.84 bits per heavy atom. The molecular formula is C13H13Cl2N3O. The molecule has 1 aromatic carbocycles. The highest BCUT2D eigenvalue weighted by atomic mass is 35.5. The number of benzene rings is 1. The first-order valence-electron chi connectivity index (χ1n) is 6.24. The maximum absolute atomic E-state index is 5.97. The molecule has 0 radical (unpaired) electrons. The number of nitrogens with one attached hydrogen (secondary N) is 1. The van der Waals surface area contributed by atoms with Gasteiger partial charge in [-0.1, -0.05) is 28.4 Å². The smallest absolute Gasteiger partial charge is 0.228 e. The summed E-state index contributed by atoms with van der Waals surface area (Å²) < 4.78 is 5.21. The molecule has 0 unspecified atom stereocenters. The van der Waals surface area contributed by atoms with Crippen molar-refractivity contribution in [1.29, 1.82) is 0 Å². The first-order valence-corrected chi connectivity index (χ1v) is 6.99. The van der Waals surface area contributed by atoms with E-state index in [1.165, 1.54) is 12.8 Å². The third-order valence-corrected chi connectivity index (χ3v) is 3.73. The molecule has 1 N–H and O–H groups in total. The van der Waals surface area contributed by atoms with Crippen LogP contribution in [0.4, 0.5) is 0 Å². The largest absolute Gasteiger partial charge is 0.339 e. The van der Waals surface area contributed by atoms with Crippen LogP contribution in [0.2, 0.25) is 10.0 Å². The molecule has 1 heterocycles. The summed E-state index contributed by atoms with van der Waals surface area (Å²) in [6.45, 7) is 0.869. The fourth-order valence-corrected chi connectivity index (χ4v) is 2.08. The third kappa shape index (κ3) is 3.26. The van der Waals surface area contributed by atoms with E-state index in [1.807, 2.05) is 6.07 Å². The van der Waals surface area contributed by atoms with E-state index in [4.69, 9.17) is 27.7 Å². The van der Waals surface area contributed by atoms with Crippen molar-refractivity contribution < 1.29 is 4.52 Å². The topological polar surface area (TPSA) is 51.0 Å². The predicted molar refractivity (Wildman–Crippen MR) is 74.5 cm³/mol. The lowest BCUT2D eigenvalue weighted by Crippen LogP contribution is -2.19. The molecular weight excluding hydrogens is 285 g/mol. The Labute approximate surface area is 121 Å². The zero-order valence-electron chi connectivity index (χ0n) is 10.2. The normalized spacial score (nSPS) is 14.8. The number of hydrogen-bond acceptors (Lipinski definition) is 4. The van der Waals surface area contributed by atoms with Gasteiger partial charge in [0.15, 0.2) is 0 Å². The van der Waals surface area contributed by atoms with Crippen molar-refractivity contribution in [3.05, 3.63) is 34.1 Å². The second kappa shape index (κ2) is 5.49. The highest BCUT2D eigenvalue weighted by Crippen LogP contribution is 2.27. The van der Waals surface area contributed by atoms with Gasteiger partial charge in [0.25, 0.3) is 0 Å². The van der Waals surface area contributed by atoms with Crippen LogP contribution in [0.3, 0.4) is 0 Å². The lowest BCUT2D eigenvalue weighted by atomic mass is 10.2. The van der Waals surface area contributed by atoms with Gasteiger partial charge in [-0.2, -0.15) is 4.98 Å². The molecule has 4 nitrogen and oxygen atoms in total. The molecule has 1 saturated carbocycles. The Hall–Kier alpha value is -1.10. The second-order valence-electron chi connectivity index (χ2n) is 4.62. The molecule has 0 bridgehead atoms. The van der Waals surface area contributed by atoms with Crippen LogP contribution < -0.4 is 5.32 Å². The number of aromatic nitrogens is 2. The Balaban J connectivity index is 1.67. The quantitative estimate of drug-likeness (QED) is 0.920. The van der Waals surface area contributed by atoms with Gasteiger partial charge in [-0.3, -0.25) is 0 Å². The lowest BCUT2D eigenvalue weighted by Gasteiger charge is -1.98. The van der Waals surface area contributed by atoms with Gasteiger partial charge in [-0.25, -0.2) is 0 Å². The molecule has 0 atom stereocenters. The van der Waals surface area contributed by atoms with E-state index in [2.05, 4.69) is 15.5 Å². The summed E-state index contributed by atoms with van der Waals surface area (Å²) in [7, 11) is 0. The molecule has 19 heavy (non-hydrogen) atoms. The van der Waals surface area contributed by atoms with Gasteiger partial charge in [-0.05, 0) is 31.0 Å². The van der Waals surface area contributed by atoms with Crippen molar-refractivity contribution >= 4 is 23.2 Å². The molecule has 1 aromatic heterocycles. The molecule has 100 valence electrons. The Kier molecular flexibility index (Phi) is 3.73. The van der Waals surface area contributed by atoms with Crippen LogP contribution in [0.15, 0.2) is 22.7 Å². The predicted octanol–water partition coefficient (Wildman–Crippen LogP) is 3.34. The summed E-state index contributed by atoms with van der Waals surface area (Å²) in [4.78, 5) is 4.35. The van der Waals surface area contributed by atoms with Gasteiger partial charge in [0, 0.05) is 24.6 Å². The number of hydrogen-bond donors (Lipinski definition) is 1. The van der Waals surface area contributed by atoms with Crippen molar-refractivity contribution in [2.75, 3.05) is 6.54 Å². The van der Waals surface area contributed by atoms with Crippen LogP contribution in [-0.4, -0.2) is 22.7 Å². The fraction of sp³-hybridized carbons (Fsp3) is 0.385. The summed E-state index contributed by atoms with van der Waals surface area (Å²) in [5, 5.41) is 8.36. The van der Waals surface area contributed by atoms with E-state index in [0.717, 1.165) is 18.5 Å². The van der Waals surface area contributed by atoms with Crippen LogP contribution in [0.5, 0.6) is 0 Å². The van der Waals surface area contributed by atoms with Crippen LogP contribution in [-0.2, 0) is 6.42 Å². The lowest BCUT2D eigenvalue weighted by molar-refractivity contribution is 0.376. The molecule has 3 rings (SSSR count). The van der Waals surface area contributed by atoms with E-state index in [9.17, 15) is 0 Å². The zero-order valence-corrected chi connectivity index (χ0v) is 11.7. The monoisotopic (exact) mass is 297 g/mol. The minimum atomic E-state index is 0.487. The first kappa shape index (κ1) is 12.9. The van der Waals surface area contributed by atoms with E-state index < -0.39 is 0 Å².